The van der Waals surface area contributed by atoms with Gasteiger partial charge in [0.1, 0.15) is 0 Å². The zero-order valence-electron chi connectivity index (χ0n) is 11.3. The lowest BCUT2D eigenvalue weighted by atomic mass is 10.2. The number of nitrogen functional groups attached to an aromatic ring is 1. The molecule has 0 saturated heterocycles. The summed E-state index contributed by atoms with van der Waals surface area (Å²) in [5.41, 5.74) is 7.07. The largest absolute Gasteiger partial charge is 0.399 e. The van der Waals surface area contributed by atoms with Gasteiger partial charge in [-0.2, -0.15) is 4.31 Å². The van der Waals surface area contributed by atoms with Crippen molar-refractivity contribution in [2.24, 2.45) is 0 Å². The Bertz CT molecular complexity index is 726. The molecule has 21 heavy (non-hydrogen) atoms. The van der Waals surface area contributed by atoms with Gasteiger partial charge in [-0.3, -0.25) is 0 Å². The fraction of sp³-hybridized carbons (Fsp3) is 0.143. The summed E-state index contributed by atoms with van der Waals surface area (Å²) >= 11 is 11.7. The second-order valence-corrected chi connectivity index (χ2v) is 7.53. The van der Waals surface area contributed by atoms with Crippen LogP contribution in [0.3, 0.4) is 0 Å². The molecule has 0 heterocycles. The molecule has 0 aliphatic rings. The van der Waals surface area contributed by atoms with Crippen LogP contribution in [-0.4, -0.2) is 19.8 Å². The van der Waals surface area contributed by atoms with Crippen molar-refractivity contribution in [3.63, 3.8) is 0 Å². The van der Waals surface area contributed by atoms with Gasteiger partial charge in [-0.1, -0.05) is 35.3 Å². The Morgan fingerprint density at radius 1 is 1.05 bits per heavy atom. The fourth-order valence-corrected chi connectivity index (χ4v) is 3.71. The van der Waals surface area contributed by atoms with Crippen molar-refractivity contribution in [2.45, 2.75) is 11.4 Å². The average molecular weight is 345 g/mol. The Morgan fingerprint density at radius 3 is 2.10 bits per heavy atom. The molecular formula is C14H14Cl2N2O2S. The van der Waals surface area contributed by atoms with E-state index in [1.54, 1.807) is 24.3 Å². The van der Waals surface area contributed by atoms with Crippen LogP contribution >= 0.6 is 23.2 Å². The molecule has 2 rings (SSSR count). The first kappa shape index (κ1) is 16.1. The molecule has 0 aliphatic carbocycles. The minimum absolute atomic E-state index is 0.0675. The second-order valence-electron chi connectivity index (χ2n) is 4.61. The van der Waals surface area contributed by atoms with Crippen molar-refractivity contribution < 1.29 is 8.42 Å². The summed E-state index contributed by atoms with van der Waals surface area (Å²) in [5, 5.41) is 0.559. The van der Waals surface area contributed by atoms with E-state index in [0.29, 0.717) is 5.69 Å². The number of hydrogen-bond acceptors (Lipinski definition) is 3. The number of hydrogen-bond donors (Lipinski definition) is 1. The molecule has 0 bridgehead atoms. The molecule has 0 saturated carbocycles. The summed E-state index contributed by atoms with van der Waals surface area (Å²) in [4.78, 5) is 0.0675. The van der Waals surface area contributed by atoms with Gasteiger partial charge in [-0.15, -0.1) is 0 Å². The fourth-order valence-electron chi connectivity index (χ4n) is 1.82. The lowest BCUT2D eigenvalue weighted by Gasteiger charge is -2.17. The topological polar surface area (TPSA) is 63.4 Å². The Hall–Kier alpha value is -1.27. The summed E-state index contributed by atoms with van der Waals surface area (Å²) in [6, 6.07) is 11.3. The molecule has 0 fully saturated rings. The van der Waals surface area contributed by atoms with Gasteiger partial charge in [0, 0.05) is 29.3 Å². The quantitative estimate of drug-likeness (QED) is 0.864. The van der Waals surface area contributed by atoms with Crippen molar-refractivity contribution >= 4 is 38.9 Å². The first-order valence-electron chi connectivity index (χ1n) is 6.06. The Morgan fingerprint density at radius 2 is 1.57 bits per heavy atom. The van der Waals surface area contributed by atoms with E-state index < -0.39 is 10.0 Å². The van der Waals surface area contributed by atoms with Crippen LogP contribution in [0.25, 0.3) is 0 Å². The van der Waals surface area contributed by atoms with Crippen LogP contribution in [0.2, 0.25) is 10.0 Å². The molecule has 0 spiro atoms. The molecule has 0 aliphatic heterocycles. The third-order valence-corrected chi connectivity index (χ3v) is 5.15. The normalized spacial score (nSPS) is 11.8. The molecule has 0 aromatic heterocycles. The molecule has 7 heteroatoms. The van der Waals surface area contributed by atoms with Crippen molar-refractivity contribution in [3.05, 3.63) is 58.1 Å². The van der Waals surface area contributed by atoms with Crippen LogP contribution < -0.4 is 5.73 Å². The minimum Gasteiger partial charge on any atom is -0.399 e. The number of nitrogens with zero attached hydrogens (tertiary/aromatic N) is 1. The first-order chi connectivity index (χ1) is 9.79. The zero-order valence-corrected chi connectivity index (χ0v) is 13.6. The number of nitrogens with two attached hydrogens (primary N) is 1. The van der Waals surface area contributed by atoms with Crippen LogP contribution in [0.5, 0.6) is 0 Å². The van der Waals surface area contributed by atoms with Crippen LogP contribution in [-0.2, 0) is 16.6 Å². The highest BCUT2D eigenvalue weighted by molar-refractivity contribution is 7.89. The third kappa shape index (κ3) is 3.89. The zero-order chi connectivity index (χ0) is 15.6. The highest BCUT2D eigenvalue weighted by Gasteiger charge is 2.21. The lowest BCUT2D eigenvalue weighted by molar-refractivity contribution is 0.467. The van der Waals surface area contributed by atoms with E-state index in [0.717, 1.165) is 5.56 Å². The molecule has 0 radical (unpaired) electrons. The maximum Gasteiger partial charge on any atom is 0.243 e. The summed E-state index contributed by atoms with van der Waals surface area (Å²) in [6.45, 7) is 0.229. The predicted molar refractivity (Wildman–Crippen MR) is 86.0 cm³/mol. The van der Waals surface area contributed by atoms with Gasteiger partial charge < -0.3 is 5.73 Å². The molecule has 4 nitrogen and oxygen atoms in total. The standard InChI is InChI=1S/C14H14Cl2N2O2S/c1-18(9-10-2-4-13(17)5-3-10)21(19,20)14-7-11(15)6-12(16)8-14/h2-8H,9,17H2,1H3. The number of rotatable bonds is 4. The third-order valence-electron chi connectivity index (χ3n) is 2.93. The van der Waals surface area contributed by atoms with Crippen molar-refractivity contribution in [1.29, 1.82) is 0 Å². The van der Waals surface area contributed by atoms with E-state index in [2.05, 4.69) is 0 Å². The SMILES string of the molecule is CN(Cc1ccc(N)cc1)S(=O)(=O)c1cc(Cl)cc(Cl)c1. The van der Waals surface area contributed by atoms with E-state index in [1.807, 2.05) is 0 Å². The van der Waals surface area contributed by atoms with Crippen LogP contribution in [0.15, 0.2) is 47.4 Å². The Kier molecular flexibility index (Phi) is 4.78. The average Bonchev–Trinajstić information content (AvgIpc) is 2.40. The molecule has 2 aromatic carbocycles. The van der Waals surface area contributed by atoms with Crippen LogP contribution in [0.1, 0.15) is 5.56 Å². The number of halogens is 2. The summed E-state index contributed by atoms with van der Waals surface area (Å²) in [5.74, 6) is 0. The van der Waals surface area contributed by atoms with E-state index >= 15 is 0 Å². The number of anilines is 1. The van der Waals surface area contributed by atoms with E-state index in [4.69, 9.17) is 28.9 Å². The van der Waals surface area contributed by atoms with E-state index in [9.17, 15) is 8.42 Å². The van der Waals surface area contributed by atoms with Gasteiger partial charge in [0.15, 0.2) is 0 Å². The molecule has 112 valence electrons. The molecule has 2 aromatic rings. The maximum absolute atomic E-state index is 12.5. The van der Waals surface area contributed by atoms with Gasteiger partial charge in [0.05, 0.1) is 4.90 Å². The number of benzene rings is 2. The first-order valence-corrected chi connectivity index (χ1v) is 8.25. The van der Waals surface area contributed by atoms with E-state index in [1.165, 1.54) is 29.6 Å². The smallest absolute Gasteiger partial charge is 0.243 e. The van der Waals surface area contributed by atoms with E-state index in [-0.39, 0.29) is 21.5 Å². The molecule has 0 amide bonds. The van der Waals surface area contributed by atoms with Gasteiger partial charge >= 0.3 is 0 Å². The van der Waals surface area contributed by atoms with Crippen molar-refractivity contribution in [3.8, 4) is 0 Å². The molecular weight excluding hydrogens is 331 g/mol. The monoisotopic (exact) mass is 344 g/mol. The summed E-state index contributed by atoms with van der Waals surface area (Å²) in [6.07, 6.45) is 0. The van der Waals surface area contributed by atoms with Gasteiger partial charge in [0.2, 0.25) is 10.0 Å². The predicted octanol–water partition coefficient (Wildman–Crippen LogP) is 3.40. The Labute approximate surface area is 134 Å². The lowest BCUT2D eigenvalue weighted by Crippen LogP contribution is -2.26. The van der Waals surface area contributed by atoms with Crippen LogP contribution in [0, 0.1) is 0 Å². The van der Waals surface area contributed by atoms with Gasteiger partial charge in [-0.05, 0) is 35.9 Å². The van der Waals surface area contributed by atoms with Crippen molar-refractivity contribution in [1.82, 2.24) is 4.31 Å². The van der Waals surface area contributed by atoms with Crippen LogP contribution in [0.4, 0.5) is 5.69 Å². The minimum atomic E-state index is -3.66. The molecule has 0 unspecified atom stereocenters. The highest BCUT2D eigenvalue weighted by Crippen LogP contribution is 2.25. The van der Waals surface area contributed by atoms with Crippen molar-refractivity contribution in [2.75, 3.05) is 12.8 Å². The summed E-state index contributed by atoms with van der Waals surface area (Å²) in [7, 11) is -2.16. The second kappa shape index (κ2) is 6.23. The maximum atomic E-state index is 12.5. The van der Waals surface area contributed by atoms with Gasteiger partial charge in [-0.25, -0.2) is 8.42 Å². The molecule has 0 atom stereocenters. The number of sulfonamides is 1. The van der Waals surface area contributed by atoms with Gasteiger partial charge in [0.25, 0.3) is 0 Å². The Balaban J connectivity index is 2.28. The molecule has 2 N–H and O–H groups in total. The summed E-state index contributed by atoms with van der Waals surface area (Å²) < 4.78 is 26.2. The highest BCUT2D eigenvalue weighted by atomic mass is 35.5.